The van der Waals surface area contributed by atoms with Gasteiger partial charge in [0.1, 0.15) is 29.8 Å². The minimum atomic E-state index is -0.898. The Hall–Kier alpha value is -3.89. The Bertz CT molecular complexity index is 1910. The number of allylic oxidation sites excluding steroid dienone is 1. The van der Waals surface area contributed by atoms with Crippen LogP contribution < -0.4 is 9.64 Å². The van der Waals surface area contributed by atoms with Crippen molar-refractivity contribution in [2.75, 3.05) is 44.7 Å². The fourth-order valence-electron chi connectivity index (χ4n) is 7.91. The number of anilines is 1. The maximum absolute atomic E-state index is 16.8. The summed E-state index contributed by atoms with van der Waals surface area (Å²) in [6.07, 6.45) is 8.59. The van der Waals surface area contributed by atoms with Gasteiger partial charge in [-0.05, 0) is 56.5 Å². The molecule has 2 aromatic heterocycles. The van der Waals surface area contributed by atoms with Crippen LogP contribution in [0.3, 0.4) is 0 Å². The molecule has 0 unspecified atom stereocenters. The van der Waals surface area contributed by atoms with E-state index in [4.69, 9.17) is 21.3 Å². The summed E-state index contributed by atoms with van der Waals surface area (Å²) in [7, 11) is 1.91. The lowest BCUT2D eigenvalue weighted by molar-refractivity contribution is -0.125. The van der Waals surface area contributed by atoms with Crippen molar-refractivity contribution in [1.29, 1.82) is 0 Å². The molecule has 3 atom stereocenters. The third kappa shape index (κ3) is 5.39. The Morgan fingerprint density at radius 3 is 2.79 bits per heavy atom. The number of nitrogens with zero attached hydrogens (tertiary/aromatic N) is 6. The first-order chi connectivity index (χ1) is 22.8. The van der Waals surface area contributed by atoms with Crippen molar-refractivity contribution in [3.63, 3.8) is 0 Å². The van der Waals surface area contributed by atoms with Gasteiger partial charge in [0.2, 0.25) is 5.91 Å². The highest BCUT2D eigenvalue weighted by molar-refractivity contribution is 6.36. The number of hydrogen-bond acceptors (Lipinski definition) is 7. The molecule has 5 heterocycles. The van der Waals surface area contributed by atoms with Gasteiger partial charge in [-0.2, -0.15) is 9.97 Å². The molecule has 0 radical (unpaired) electrons. The Morgan fingerprint density at radius 1 is 1.15 bits per heavy atom. The van der Waals surface area contributed by atoms with Gasteiger partial charge < -0.3 is 14.5 Å². The lowest BCUT2D eigenvalue weighted by Crippen LogP contribution is -2.43. The van der Waals surface area contributed by atoms with Gasteiger partial charge in [-0.15, -0.1) is 0 Å². The van der Waals surface area contributed by atoms with Crippen LogP contribution in [0.15, 0.2) is 54.2 Å². The number of amides is 1. The van der Waals surface area contributed by atoms with E-state index < -0.39 is 17.5 Å². The van der Waals surface area contributed by atoms with Gasteiger partial charge in [0.25, 0.3) is 0 Å². The van der Waals surface area contributed by atoms with Crippen LogP contribution in [-0.4, -0.2) is 88.2 Å². The van der Waals surface area contributed by atoms with Crippen LogP contribution in [0.1, 0.15) is 44.9 Å². The highest BCUT2D eigenvalue weighted by Crippen LogP contribution is 2.41. The van der Waals surface area contributed by atoms with E-state index in [1.165, 1.54) is 5.57 Å². The number of ether oxygens (including phenoxy) is 1. The van der Waals surface area contributed by atoms with Gasteiger partial charge in [0, 0.05) is 67.4 Å². The molecule has 4 aromatic rings. The number of likely N-dealkylation sites (N-methyl/N-ethyl adjacent to an activating group) is 1. The fraction of sp³-hybridized carbons (Fsp3) is 0.444. The number of alkyl halides is 1. The number of carbonyl (C=O) groups is 1. The zero-order valence-electron chi connectivity index (χ0n) is 26.4. The summed E-state index contributed by atoms with van der Waals surface area (Å²) < 4.78 is 37.6. The predicted octanol–water partition coefficient (Wildman–Crippen LogP) is 6.74. The van der Waals surface area contributed by atoms with E-state index in [1.54, 1.807) is 24.4 Å². The highest BCUT2D eigenvalue weighted by Gasteiger charge is 2.49. The third-order valence-electron chi connectivity index (χ3n) is 10.7. The number of fused-ring (bicyclic) bond motifs is 3. The highest BCUT2D eigenvalue weighted by atomic mass is 35.5. The molecule has 3 saturated heterocycles. The number of pyridine rings is 1. The molecule has 0 N–H and O–H groups in total. The van der Waals surface area contributed by atoms with Crippen LogP contribution >= 0.6 is 11.6 Å². The summed E-state index contributed by atoms with van der Waals surface area (Å²) >= 11 is 6.61. The smallest absolute Gasteiger partial charge is 0.319 e. The van der Waals surface area contributed by atoms with Crippen molar-refractivity contribution in [2.24, 2.45) is 0 Å². The van der Waals surface area contributed by atoms with E-state index >= 15 is 4.39 Å². The summed E-state index contributed by atoms with van der Waals surface area (Å²) in [5.41, 5.74) is 1.58. The molecule has 47 heavy (non-hydrogen) atoms. The number of halogens is 3. The number of rotatable bonds is 7. The first kappa shape index (κ1) is 30.4. The van der Waals surface area contributed by atoms with Crippen LogP contribution in [-0.2, 0) is 4.79 Å². The molecule has 4 fully saturated rings. The average Bonchev–Trinajstić information content (AvgIpc) is 3.76. The molecule has 3 aliphatic heterocycles. The molecular weight excluding hydrogens is 622 g/mol. The van der Waals surface area contributed by atoms with Gasteiger partial charge in [-0.3, -0.25) is 14.7 Å². The molecule has 244 valence electrons. The van der Waals surface area contributed by atoms with Crippen molar-refractivity contribution in [1.82, 2.24) is 24.8 Å². The van der Waals surface area contributed by atoms with Crippen molar-refractivity contribution in [3.8, 4) is 17.3 Å². The summed E-state index contributed by atoms with van der Waals surface area (Å²) in [6, 6.07) is 11.2. The quantitative estimate of drug-likeness (QED) is 0.204. The normalized spacial score (nSPS) is 24.2. The Balaban J connectivity index is 1.18. The van der Waals surface area contributed by atoms with Gasteiger partial charge in [-0.1, -0.05) is 47.5 Å². The second kappa shape index (κ2) is 12.0. The molecule has 0 bridgehead atoms. The zero-order chi connectivity index (χ0) is 32.3. The van der Waals surface area contributed by atoms with E-state index in [1.807, 2.05) is 41.1 Å². The number of benzene rings is 2. The van der Waals surface area contributed by atoms with E-state index in [9.17, 15) is 9.18 Å². The van der Waals surface area contributed by atoms with Gasteiger partial charge in [0.15, 0.2) is 5.82 Å². The monoisotopic (exact) mass is 658 g/mol. The second-order valence-electron chi connectivity index (χ2n) is 13.5. The molecule has 8 rings (SSSR count). The number of likely N-dealkylation sites (tertiary alicyclic amines) is 1. The molecule has 11 heteroatoms. The molecule has 8 nitrogen and oxygen atoms in total. The predicted molar refractivity (Wildman–Crippen MR) is 179 cm³/mol. The zero-order valence-corrected chi connectivity index (χ0v) is 27.1. The Labute approximate surface area is 277 Å². The third-order valence-corrected chi connectivity index (χ3v) is 11.0. The first-order valence-corrected chi connectivity index (χ1v) is 16.9. The van der Waals surface area contributed by atoms with E-state index in [0.717, 1.165) is 50.5 Å². The summed E-state index contributed by atoms with van der Waals surface area (Å²) in [5.74, 6) is -0.0787. The molecule has 4 aliphatic rings. The lowest BCUT2D eigenvalue weighted by Gasteiger charge is -2.31. The van der Waals surface area contributed by atoms with Crippen LogP contribution in [0.25, 0.3) is 32.9 Å². The second-order valence-corrected chi connectivity index (χ2v) is 13.9. The van der Waals surface area contributed by atoms with Crippen molar-refractivity contribution < 1.29 is 18.3 Å². The maximum Gasteiger partial charge on any atom is 0.319 e. The molecule has 0 spiro atoms. The largest absolute Gasteiger partial charge is 0.461 e. The molecule has 2 aromatic carbocycles. The van der Waals surface area contributed by atoms with Crippen LogP contribution in [0.2, 0.25) is 5.02 Å². The molecular formula is C36H37ClF2N6O2. The van der Waals surface area contributed by atoms with Crippen molar-refractivity contribution in [3.05, 3.63) is 65.1 Å². The van der Waals surface area contributed by atoms with E-state index in [2.05, 4.69) is 14.9 Å². The van der Waals surface area contributed by atoms with Crippen LogP contribution in [0, 0.1) is 5.82 Å². The number of aromatic nitrogens is 3. The van der Waals surface area contributed by atoms with E-state index in [0.29, 0.717) is 53.2 Å². The molecule has 1 aliphatic carbocycles. The van der Waals surface area contributed by atoms with Crippen LogP contribution in [0.4, 0.5) is 14.6 Å². The maximum atomic E-state index is 16.8. The Kier molecular flexibility index (Phi) is 7.75. The number of hydrogen-bond donors (Lipinski definition) is 0. The standard InChI is InChI=1S/C36H37ClF2N6O2/c1-43(25-12-15-44(20-25)29(46)16-22-6-2-7-22)34-27-18-40-32(26-10-3-8-23-9-4-11-28(37)30(23)26)31(39)33(27)41-35(42-34)47-21-36-13-5-14-45(36)19-24(38)17-36/h3-4,8-11,16,18,24-25H,2,5-7,12-15,17,19-21H2,1H3/t24-,25-,36+/m1/s1. The first-order valence-electron chi connectivity index (χ1n) is 16.6. The van der Waals surface area contributed by atoms with Gasteiger partial charge >= 0.3 is 6.01 Å². The average molecular weight is 659 g/mol. The van der Waals surface area contributed by atoms with Gasteiger partial charge in [-0.25, -0.2) is 8.78 Å². The number of carbonyl (C=O) groups excluding carboxylic acids is 1. The van der Waals surface area contributed by atoms with Crippen LogP contribution in [0.5, 0.6) is 6.01 Å². The molecule has 1 saturated carbocycles. The minimum absolute atomic E-state index is 0.0375. The summed E-state index contributed by atoms with van der Waals surface area (Å²) in [6.45, 7) is 2.62. The fourth-order valence-corrected chi connectivity index (χ4v) is 8.19. The van der Waals surface area contributed by atoms with Gasteiger partial charge in [0.05, 0.1) is 10.9 Å². The molecule has 1 amide bonds. The van der Waals surface area contributed by atoms with Crippen molar-refractivity contribution >= 4 is 45.0 Å². The summed E-state index contributed by atoms with van der Waals surface area (Å²) in [4.78, 5) is 33.1. The van der Waals surface area contributed by atoms with E-state index in [-0.39, 0.29) is 35.8 Å². The lowest BCUT2D eigenvalue weighted by atomic mass is 9.92. The topological polar surface area (TPSA) is 74.7 Å². The SMILES string of the molecule is CN(c1nc(OC[C@@]23CCCN2C[C@H](F)C3)nc2c(F)c(-c3cccc4cccc(Cl)c34)ncc12)[C@@H]1CCN(C(=O)C=C2CCC2)C1. The summed E-state index contributed by atoms with van der Waals surface area (Å²) in [5, 5.41) is 2.53. The Morgan fingerprint density at radius 2 is 1.98 bits per heavy atom. The van der Waals surface area contributed by atoms with Crippen molar-refractivity contribution in [2.45, 2.75) is 62.7 Å². The minimum Gasteiger partial charge on any atom is -0.461 e.